The molecule has 3 nitrogen and oxygen atoms in total. The first-order valence-corrected chi connectivity index (χ1v) is 4.09. The Labute approximate surface area is 96.2 Å². The summed E-state index contributed by atoms with van der Waals surface area (Å²) in [5, 5.41) is 2.11. The molecule has 0 spiro atoms. The van der Waals surface area contributed by atoms with E-state index in [-0.39, 0.29) is 12.4 Å². The molecule has 0 unspecified atom stereocenters. The number of carbonyl (C=O) groups is 1. The molecule has 1 amide bonds. The lowest BCUT2D eigenvalue weighted by Gasteiger charge is -2.07. The minimum atomic E-state index is -4.49. The molecule has 1 aromatic carbocycles. The Kier molecular flexibility index (Phi) is 5.10. The molecule has 90 valence electrons. The molecule has 0 fully saturated rings. The highest BCUT2D eigenvalue weighted by Crippen LogP contribution is 2.20. The van der Waals surface area contributed by atoms with Crippen LogP contribution in [0.1, 0.15) is 6.42 Å². The highest BCUT2D eigenvalue weighted by Gasteiger charge is 2.31. The van der Waals surface area contributed by atoms with Gasteiger partial charge in [0.05, 0.1) is 0 Å². The summed E-state index contributed by atoms with van der Waals surface area (Å²) in [7, 11) is 0. The van der Waals surface area contributed by atoms with E-state index in [4.69, 9.17) is 5.73 Å². The molecule has 0 saturated carbocycles. The highest BCUT2D eigenvalue weighted by molar-refractivity contribution is 5.91. The number of nitrogens with one attached hydrogen (secondary N) is 1. The largest absolute Gasteiger partial charge is 0.399 e. The lowest BCUT2D eigenvalue weighted by molar-refractivity contribution is -0.150. The SMILES string of the molecule is Cl.Nc1ccc(NC(=O)CC(F)(F)F)cc1. The first kappa shape index (κ1) is 14.6. The lowest BCUT2D eigenvalue weighted by atomic mass is 10.3. The van der Waals surface area contributed by atoms with Gasteiger partial charge in [-0.2, -0.15) is 13.2 Å². The number of hydrogen-bond acceptors (Lipinski definition) is 2. The Hall–Kier alpha value is -1.43. The van der Waals surface area contributed by atoms with Crippen LogP contribution in [0.4, 0.5) is 24.5 Å². The molecule has 0 radical (unpaired) electrons. The lowest BCUT2D eigenvalue weighted by Crippen LogP contribution is -2.21. The molecular weight excluding hydrogens is 245 g/mol. The number of nitrogens with two attached hydrogens (primary N) is 1. The molecule has 0 aliphatic rings. The van der Waals surface area contributed by atoms with Crippen LogP contribution in [0, 0.1) is 0 Å². The van der Waals surface area contributed by atoms with Crippen LogP contribution in [0.3, 0.4) is 0 Å². The Balaban J connectivity index is 0.00000225. The molecule has 0 saturated heterocycles. The normalized spacial score (nSPS) is 10.4. The average Bonchev–Trinajstić information content (AvgIpc) is 2.05. The fraction of sp³-hybridized carbons (Fsp3) is 0.222. The number of amides is 1. The molecule has 7 heteroatoms. The van der Waals surface area contributed by atoms with Crippen molar-refractivity contribution in [2.45, 2.75) is 12.6 Å². The summed E-state index contributed by atoms with van der Waals surface area (Å²) in [5.74, 6) is -1.09. The van der Waals surface area contributed by atoms with E-state index in [0.717, 1.165) is 0 Å². The van der Waals surface area contributed by atoms with E-state index in [1.165, 1.54) is 24.3 Å². The van der Waals surface area contributed by atoms with Crippen molar-refractivity contribution in [2.24, 2.45) is 0 Å². The standard InChI is InChI=1S/C9H9F3N2O.ClH/c10-9(11,12)5-8(15)14-7-3-1-6(13)2-4-7;/h1-4H,5,13H2,(H,14,15);1H. The molecule has 1 rings (SSSR count). The first-order valence-electron chi connectivity index (χ1n) is 4.09. The van der Waals surface area contributed by atoms with E-state index < -0.39 is 18.5 Å². The highest BCUT2D eigenvalue weighted by atomic mass is 35.5. The van der Waals surface area contributed by atoms with E-state index in [1.807, 2.05) is 0 Å². The van der Waals surface area contributed by atoms with Crippen molar-refractivity contribution in [3.8, 4) is 0 Å². The Morgan fingerprint density at radius 2 is 1.75 bits per heavy atom. The van der Waals surface area contributed by atoms with Crippen molar-refractivity contribution in [2.75, 3.05) is 11.1 Å². The Bertz CT molecular complexity index is 351. The van der Waals surface area contributed by atoms with Crippen LogP contribution in [0.15, 0.2) is 24.3 Å². The van der Waals surface area contributed by atoms with Gasteiger partial charge in [-0.05, 0) is 24.3 Å². The maximum atomic E-state index is 11.8. The van der Waals surface area contributed by atoms with Crippen LogP contribution in [-0.2, 0) is 4.79 Å². The maximum Gasteiger partial charge on any atom is 0.397 e. The molecule has 1 aromatic rings. The van der Waals surface area contributed by atoms with Gasteiger partial charge < -0.3 is 11.1 Å². The van der Waals surface area contributed by atoms with Crippen LogP contribution >= 0.6 is 12.4 Å². The van der Waals surface area contributed by atoms with Crippen LogP contribution in [0.2, 0.25) is 0 Å². The van der Waals surface area contributed by atoms with E-state index in [0.29, 0.717) is 11.4 Å². The van der Waals surface area contributed by atoms with Gasteiger partial charge in [0.25, 0.3) is 0 Å². The molecule has 0 aliphatic carbocycles. The number of benzene rings is 1. The fourth-order valence-electron chi connectivity index (χ4n) is 0.954. The number of halogens is 4. The molecule has 16 heavy (non-hydrogen) atoms. The zero-order valence-corrected chi connectivity index (χ0v) is 8.86. The predicted octanol–water partition coefficient (Wildman–Crippen LogP) is 2.58. The second-order valence-electron chi connectivity index (χ2n) is 2.96. The summed E-state index contributed by atoms with van der Waals surface area (Å²) in [4.78, 5) is 10.9. The van der Waals surface area contributed by atoms with E-state index >= 15 is 0 Å². The van der Waals surface area contributed by atoms with Crippen LogP contribution in [0.25, 0.3) is 0 Å². The van der Waals surface area contributed by atoms with Crippen molar-refractivity contribution >= 4 is 29.7 Å². The average molecular weight is 255 g/mol. The van der Waals surface area contributed by atoms with Gasteiger partial charge >= 0.3 is 6.18 Å². The first-order chi connectivity index (χ1) is 6.87. The van der Waals surface area contributed by atoms with Crippen LogP contribution < -0.4 is 11.1 Å². The summed E-state index contributed by atoms with van der Waals surface area (Å²) < 4.78 is 35.4. The fourth-order valence-corrected chi connectivity index (χ4v) is 0.954. The third-order valence-electron chi connectivity index (χ3n) is 1.56. The quantitative estimate of drug-likeness (QED) is 0.797. The van der Waals surface area contributed by atoms with Gasteiger partial charge in [-0.25, -0.2) is 0 Å². The maximum absolute atomic E-state index is 11.8. The number of nitrogen functional groups attached to an aromatic ring is 1. The molecule has 0 atom stereocenters. The summed E-state index contributed by atoms with van der Waals surface area (Å²) in [6.07, 6.45) is -5.98. The summed E-state index contributed by atoms with van der Waals surface area (Å²) >= 11 is 0. The monoisotopic (exact) mass is 254 g/mol. The molecular formula is C9H10ClF3N2O. The van der Waals surface area contributed by atoms with E-state index in [1.54, 1.807) is 0 Å². The van der Waals surface area contributed by atoms with Crippen LogP contribution in [-0.4, -0.2) is 12.1 Å². The number of alkyl halides is 3. The van der Waals surface area contributed by atoms with Crippen molar-refractivity contribution in [3.05, 3.63) is 24.3 Å². The van der Waals surface area contributed by atoms with Crippen molar-refractivity contribution < 1.29 is 18.0 Å². The third kappa shape index (κ3) is 5.45. The number of anilines is 2. The number of hydrogen-bond donors (Lipinski definition) is 2. The topological polar surface area (TPSA) is 55.1 Å². The van der Waals surface area contributed by atoms with Gasteiger partial charge in [0.15, 0.2) is 0 Å². The Morgan fingerprint density at radius 3 is 2.19 bits per heavy atom. The second kappa shape index (κ2) is 5.60. The van der Waals surface area contributed by atoms with Gasteiger partial charge in [-0.1, -0.05) is 0 Å². The summed E-state index contributed by atoms with van der Waals surface area (Å²) in [6, 6.07) is 5.85. The van der Waals surface area contributed by atoms with E-state index in [9.17, 15) is 18.0 Å². The van der Waals surface area contributed by atoms with Gasteiger partial charge in [-0.15, -0.1) is 12.4 Å². The molecule has 0 heterocycles. The second-order valence-corrected chi connectivity index (χ2v) is 2.96. The minimum absolute atomic E-state index is 0. The molecule has 0 aliphatic heterocycles. The van der Waals surface area contributed by atoms with Gasteiger partial charge in [0.1, 0.15) is 6.42 Å². The Morgan fingerprint density at radius 1 is 1.25 bits per heavy atom. The number of rotatable bonds is 2. The molecule has 0 aromatic heterocycles. The van der Waals surface area contributed by atoms with Gasteiger partial charge in [-0.3, -0.25) is 4.79 Å². The van der Waals surface area contributed by atoms with Crippen molar-refractivity contribution in [1.82, 2.24) is 0 Å². The van der Waals surface area contributed by atoms with Gasteiger partial charge in [0.2, 0.25) is 5.91 Å². The molecule has 3 N–H and O–H groups in total. The predicted molar refractivity (Wildman–Crippen MR) is 57.4 cm³/mol. The molecule has 0 bridgehead atoms. The minimum Gasteiger partial charge on any atom is -0.399 e. The van der Waals surface area contributed by atoms with Crippen molar-refractivity contribution in [3.63, 3.8) is 0 Å². The van der Waals surface area contributed by atoms with E-state index in [2.05, 4.69) is 5.32 Å². The third-order valence-corrected chi connectivity index (χ3v) is 1.56. The zero-order valence-electron chi connectivity index (χ0n) is 8.04. The van der Waals surface area contributed by atoms with Crippen molar-refractivity contribution in [1.29, 1.82) is 0 Å². The van der Waals surface area contributed by atoms with Gasteiger partial charge in [0, 0.05) is 11.4 Å². The van der Waals surface area contributed by atoms with Crippen LogP contribution in [0.5, 0.6) is 0 Å². The smallest absolute Gasteiger partial charge is 0.397 e. The number of carbonyl (C=O) groups excluding carboxylic acids is 1. The zero-order chi connectivity index (χ0) is 11.5. The summed E-state index contributed by atoms with van der Waals surface area (Å²) in [5.41, 5.74) is 6.13. The summed E-state index contributed by atoms with van der Waals surface area (Å²) in [6.45, 7) is 0.